The zero-order valence-electron chi connectivity index (χ0n) is 13.6. The lowest BCUT2D eigenvalue weighted by molar-refractivity contribution is 0.270. The highest BCUT2D eigenvalue weighted by Gasteiger charge is 2.16. The van der Waals surface area contributed by atoms with Crippen LogP contribution >= 0.6 is 0 Å². The van der Waals surface area contributed by atoms with Crippen molar-refractivity contribution in [3.63, 3.8) is 0 Å². The summed E-state index contributed by atoms with van der Waals surface area (Å²) in [5.74, 6) is 2.08. The molecule has 1 aromatic heterocycles. The summed E-state index contributed by atoms with van der Waals surface area (Å²) in [4.78, 5) is 16.1. The third-order valence-electron chi connectivity index (χ3n) is 4.46. The summed E-state index contributed by atoms with van der Waals surface area (Å²) in [6, 6.07) is 4.30. The Hall–Kier alpha value is -1.82. The molecule has 1 saturated heterocycles. The number of anilines is 1. The number of likely N-dealkylation sites (N-methyl/N-ethyl adjacent to an activating group) is 2. The van der Waals surface area contributed by atoms with Gasteiger partial charge in [0, 0.05) is 52.5 Å². The number of nitrogens with zero attached hydrogens (tertiary/aromatic N) is 5. The molecule has 0 unspecified atom stereocenters. The van der Waals surface area contributed by atoms with Crippen LogP contribution < -0.4 is 10.2 Å². The van der Waals surface area contributed by atoms with E-state index in [9.17, 15) is 0 Å². The summed E-state index contributed by atoms with van der Waals surface area (Å²) < 4.78 is 0. The molecule has 2 aliphatic rings. The number of aliphatic imine (C=N–C) groups is 1. The molecule has 0 amide bonds. The molecule has 0 aliphatic carbocycles. The number of rotatable bonds is 4. The minimum absolute atomic E-state index is 0.778. The van der Waals surface area contributed by atoms with E-state index in [0.29, 0.717) is 0 Å². The van der Waals surface area contributed by atoms with Crippen LogP contribution in [-0.2, 0) is 6.54 Å². The van der Waals surface area contributed by atoms with Crippen LogP contribution in [0.5, 0.6) is 0 Å². The Bertz CT molecular complexity index is 504. The van der Waals surface area contributed by atoms with E-state index in [1.54, 1.807) is 0 Å². The van der Waals surface area contributed by atoms with Gasteiger partial charge >= 0.3 is 0 Å². The molecule has 6 heteroatoms. The van der Waals surface area contributed by atoms with Crippen molar-refractivity contribution in [3.05, 3.63) is 23.9 Å². The van der Waals surface area contributed by atoms with Gasteiger partial charge < -0.3 is 20.0 Å². The van der Waals surface area contributed by atoms with Crippen molar-refractivity contribution >= 4 is 11.8 Å². The van der Waals surface area contributed by atoms with Gasteiger partial charge in [0.1, 0.15) is 5.82 Å². The SMILES string of the molecule is CCN1CCN(c2ccc(CNC3=NCCN3C)cn2)CC1. The van der Waals surface area contributed by atoms with E-state index in [0.717, 1.165) is 64.1 Å². The molecule has 0 bridgehead atoms. The van der Waals surface area contributed by atoms with Gasteiger partial charge in [0.15, 0.2) is 5.96 Å². The van der Waals surface area contributed by atoms with Crippen molar-refractivity contribution in [1.82, 2.24) is 20.1 Å². The summed E-state index contributed by atoms with van der Waals surface area (Å²) in [6.07, 6.45) is 1.98. The van der Waals surface area contributed by atoms with Gasteiger partial charge in [-0.2, -0.15) is 0 Å². The Morgan fingerprint density at radius 3 is 2.55 bits per heavy atom. The van der Waals surface area contributed by atoms with Crippen LogP contribution in [0.4, 0.5) is 5.82 Å². The third kappa shape index (κ3) is 3.50. The van der Waals surface area contributed by atoms with Crippen molar-refractivity contribution in [2.75, 3.05) is 57.8 Å². The topological polar surface area (TPSA) is 47.0 Å². The van der Waals surface area contributed by atoms with Crippen molar-refractivity contribution in [2.24, 2.45) is 4.99 Å². The lowest BCUT2D eigenvalue weighted by atomic mass is 10.2. The Morgan fingerprint density at radius 2 is 1.95 bits per heavy atom. The van der Waals surface area contributed by atoms with Gasteiger partial charge in [-0.25, -0.2) is 4.98 Å². The number of guanidine groups is 1. The number of hydrogen-bond acceptors (Lipinski definition) is 6. The molecule has 120 valence electrons. The standard InChI is InChI=1S/C16H26N6/c1-3-21-8-10-22(11-9-21)15-5-4-14(12-18-15)13-19-16-17-6-7-20(16)2/h4-5,12H,3,6-11,13H2,1-2H3,(H,17,19). The summed E-state index contributed by atoms with van der Waals surface area (Å²) in [6.45, 7) is 10.4. The van der Waals surface area contributed by atoms with Crippen LogP contribution in [0.15, 0.2) is 23.3 Å². The molecule has 1 fully saturated rings. The second-order valence-electron chi connectivity index (χ2n) is 5.93. The van der Waals surface area contributed by atoms with Crippen LogP contribution in [-0.4, -0.2) is 73.6 Å². The molecule has 0 saturated carbocycles. The van der Waals surface area contributed by atoms with Crippen LogP contribution in [0.2, 0.25) is 0 Å². The summed E-state index contributed by atoms with van der Waals surface area (Å²) in [5.41, 5.74) is 1.19. The fraction of sp³-hybridized carbons (Fsp3) is 0.625. The first-order valence-corrected chi connectivity index (χ1v) is 8.18. The van der Waals surface area contributed by atoms with Gasteiger partial charge in [-0.05, 0) is 18.2 Å². The molecule has 22 heavy (non-hydrogen) atoms. The molecule has 1 N–H and O–H groups in total. The first-order valence-electron chi connectivity index (χ1n) is 8.18. The molecule has 3 heterocycles. The number of pyridine rings is 1. The molecule has 0 aromatic carbocycles. The number of aromatic nitrogens is 1. The molecular weight excluding hydrogens is 276 g/mol. The van der Waals surface area contributed by atoms with E-state index in [2.05, 4.69) is 56.1 Å². The number of hydrogen-bond donors (Lipinski definition) is 1. The van der Waals surface area contributed by atoms with Crippen LogP contribution in [0.3, 0.4) is 0 Å². The van der Waals surface area contributed by atoms with Gasteiger partial charge in [-0.15, -0.1) is 0 Å². The first-order chi connectivity index (χ1) is 10.8. The predicted molar refractivity (Wildman–Crippen MR) is 90.3 cm³/mol. The molecule has 0 atom stereocenters. The lowest BCUT2D eigenvalue weighted by Gasteiger charge is -2.34. The minimum Gasteiger partial charge on any atom is -0.354 e. The second-order valence-corrected chi connectivity index (χ2v) is 5.93. The Kier molecular flexibility index (Phi) is 4.77. The third-order valence-corrected chi connectivity index (χ3v) is 4.46. The van der Waals surface area contributed by atoms with E-state index in [-0.39, 0.29) is 0 Å². The van der Waals surface area contributed by atoms with Crippen molar-refractivity contribution < 1.29 is 0 Å². The normalized spacial score (nSPS) is 19.5. The zero-order valence-corrected chi connectivity index (χ0v) is 13.6. The largest absolute Gasteiger partial charge is 0.354 e. The quantitative estimate of drug-likeness (QED) is 0.883. The van der Waals surface area contributed by atoms with E-state index >= 15 is 0 Å². The highest BCUT2D eigenvalue weighted by atomic mass is 15.3. The van der Waals surface area contributed by atoms with E-state index < -0.39 is 0 Å². The van der Waals surface area contributed by atoms with Gasteiger partial charge in [0.25, 0.3) is 0 Å². The summed E-state index contributed by atoms with van der Waals surface area (Å²) in [5, 5.41) is 3.38. The number of nitrogens with one attached hydrogen (secondary N) is 1. The smallest absolute Gasteiger partial charge is 0.194 e. The monoisotopic (exact) mass is 302 g/mol. The Balaban J connectivity index is 1.52. The highest BCUT2D eigenvalue weighted by molar-refractivity contribution is 5.81. The van der Waals surface area contributed by atoms with Crippen LogP contribution in [0, 0.1) is 0 Å². The van der Waals surface area contributed by atoms with Gasteiger partial charge in [-0.3, -0.25) is 4.99 Å². The minimum atomic E-state index is 0.778. The molecule has 0 radical (unpaired) electrons. The van der Waals surface area contributed by atoms with Crippen LogP contribution in [0.1, 0.15) is 12.5 Å². The fourth-order valence-electron chi connectivity index (χ4n) is 2.91. The molecule has 2 aliphatic heterocycles. The maximum Gasteiger partial charge on any atom is 0.194 e. The molecule has 3 rings (SSSR count). The Morgan fingerprint density at radius 1 is 1.14 bits per heavy atom. The molecule has 1 aromatic rings. The second kappa shape index (κ2) is 6.96. The summed E-state index contributed by atoms with van der Waals surface area (Å²) >= 11 is 0. The van der Waals surface area contributed by atoms with E-state index in [1.807, 2.05) is 6.20 Å². The number of piperazine rings is 1. The maximum absolute atomic E-state index is 4.63. The van der Waals surface area contributed by atoms with Gasteiger partial charge in [0.05, 0.1) is 6.54 Å². The van der Waals surface area contributed by atoms with E-state index in [4.69, 9.17) is 0 Å². The van der Waals surface area contributed by atoms with Gasteiger partial charge in [-0.1, -0.05) is 13.0 Å². The predicted octanol–water partition coefficient (Wildman–Crippen LogP) is 0.615. The lowest BCUT2D eigenvalue weighted by Crippen LogP contribution is -2.46. The maximum atomic E-state index is 4.63. The fourth-order valence-corrected chi connectivity index (χ4v) is 2.91. The van der Waals surface area contributed by atoms with E-state index in [1.165, 1.54) is 5.56 Å². The molecule has 6 nitrogen and oxygen atoms in total. The average Bonchev–Trinajstić information content (AvgIpc) is 2.99. The summed E-state index contributed by atoms with van der Waals surface area (Å²) in [7, 11) is 2.07. The first kappa shape index (κ1) is 15.1. The highest BCUT2D eigenvalue weighted by Crippen LogP contribution is 2.14. The van der Waals surface area contributed by atoms with Crippen molar-refractivity contribution in [3.8, 4) is 0 Å². The van der Waals surface area contributed by atoms with Crippen molar-refractivity contribution in [2.45, 2.75) is 13.5 Å². The molecule has 0 spiro atoms. The zero-order chi connectivity index (χ0) is 15.4. The van der Waals surface area contributed by atoms with Crippen LogP contribution in [0.25, 0.3) is 0 Å². The van der Waals surface area contributed by atoms with Crippen molar-refractivity contribution in [1.29, 1.82) is 0 Å². The Labute approximate surface area is 132 Å². The van der Waals surface area contributed by atoms with Gasteiger partial charge in [0.2, 0.25) is 0 Å². The molecular formula is C16H26N6. The average molecular weight is 302 g/mol.